The molecule has 29 heavy (non-hydrogen) atoms. The van der Waals surface area contributed by atoms with Crippen LogP contribution in [-0.2, 0) is 4.79 Å². The van der Waals surface area contributed by atoms with Gasteiger partial charge in [-0.1, -0.05) is 47.4 Å². The van der Waals surface area contributed by atoms with Crippen LogP contribution in [0, 0.1) is 0 Å². The summed E-state index contributed by atoms with van der Waals surface area (Å²) in [6.07, 6.45) is 0.765. The topological polar surface area (TPSA) is 85.4 Å². The fourth-order valence-corrected chi connectivity index (χ4v) is 4.58. The SMILES string of the molecule is COc1cccc(Nc2nnc(SCC(=O)NC3CCOc4ccccc43)s2)c1. The van der Waals surface area contributed by atoms with E-state index in [1.54, 1.807) is 7.11 Å². The van der Waals surface area contributed by atoms with Crippen LogP contribution in [0.2, 0.25) is 0 Å². The van der Waals surface area contributed by atoms with Crippen LogP contribution >= 0.6 is 23.1 Å². The number of nitrogens with one attached hydrogen (secondary N) is 2. The lowest BCUT2D eigenvalue weighted by molar-refractivity contribution is -0.119. The van der Waals surface area contributed by atoms with Crippen LogP contribution in [0.25, 0.3) is 0 Å². The van der Waals surface area contributed by atoms with E-state index in [0.29, 0.717) is 11.7 Å². The average molecular weight is 429 g/mol. The Morgan fingerprint density at radius 2 is 2.17 bits per heavy atom. The highest BCUT2D eigenvalue weighted by Crippen LogP contribution is 2.32. The molecular weight excluding hydrogens is 408 g/mol. The lowest BCUT2D eigenvalue weighted by Crippen LogP contribution is -2.33. The van der Waals surface area contributed by atoms with Gasteiger partial charge in [-0.15, -0.1) is 10.2 Å². The number of amides is 1. The molecule has 0 bridgehead atoms. The first-order chi connectivity index (χ1) is 14.2. The molecule has 0 saturated carbocycles. The van der Waals surface area contributed by atoms with E-state index in [1.165, 1.54) is 23.1 Å². The van der Waals surface area contributed by atoms with Crippen molar-refractivity contribution in [2.45, 2.75) is 16.8 Å². The molecule has 0 spiro atoms. The largest absolute Gasteiger partial charge is 0.497 e. The van der Waals surface area contributed by atoms with Gasteiger partial charge in [-0.3, -0.25) is 4.79 Å². The van der Waals surface area contributed by atoms with Crippen LogP contribution in [0.4, 0.5) is 10.8 Å². The molecule has 2 heterocycles. The van der Waals surface area contributed by atoms with Crippen LogP contribution < -0.4 is 20.1 Å². The van der Waals surface area contributed by atoms with E-state index in [2.05, 4.69) is 20.8 Å². The minimum absolute atomic E-state index is 0.0206. The van der Waals surface area contributed by atoms with Crippen molar-refractivity contribution in [2.75, 3.05) is 24.8 Å². The standard InChI is InChI=1S/C20H20N4O3S2/c1-26-14-6-4-5-13(11-14)21-19-23-24-20(29-19)28-12-18(25)22-16-9-10-27-17-8-3-2-7-15(16)17/h2-8,11,16H,9-10,12H2,1H3,(H,21,23)(H,22,25). The minimum atomic E-state index is -0.0331. The van der Waals surface area contributed by atoms with Gasteiger partial charge in [0, 0.05) is 23.7 Å². The third-order valence-corrected chi connectivity index (χ3v) is 6.32. The molecule has 0 saturated heterocycles. The number of benzene rings is 2. The number of rotatable bonds is 7. The predicted molar refractivity (Wildman–Crippen MR) is 114 cm³/mol. The lowest BCUT2D eigenvalue weighted by atomic mass is 10.0. The molecule has 1 aliphatic rings. The summed E-state index contributed by atoms with van der Waals surface area (Å²) in [5.74, 6) is 1.86. The highest BCUT2D eigenvalue weighted by atomic mass is 32.2. The molecule has 2 aromatic carbocycles. The van der Waals surface area contributed by atoms with Crippen molar-refractivity contribution in [3.8, 4) is 11.5 Å². The Bertz CT molecular complexity index is 995. The molecule has 9 heteroatoms. The highest BCUT2D eigenvalue weighted by Gasteiger charge is 2.22. The summed E-state index contributed by atoms with van der Waals surface area (Å²) in [6, 6.07) is 15.4. The monoisotopic (exact) mass is 428 g/mol. The number of hydrogen-bond acceptors (Lipinski definition) is 8. The van der Waals surface area contributed by atoms with E-state index in [4.69, 9.17) is 9.47 Å². The van der Waals surface area contributed by atoms with Gasteiger partial charge in [0.2, 0.25) is 11.0 Å². The molecule has 2 N–H and O–H groups in total. The zero-order valence-electron chi connectivity index (χ0n) is 15.8. The molecule has 150 valence electrons. The molecule has 3 aromatic rings. The van der Waals surface area contributed by atoms with Crippen molar-refractivity contribution in [3.63, 3.8) is 0 Å². The molecule has 1 aromatic heterocycles. The molecule has 7 nitrogen and oxygen atoms in total. The summed E-state index contributed by atoms with van der Waals surface area (Å²) in [5.41, 5.74) is 1.89. The molecular formula is C20H20N4O3S2. The third-order valence-electron chi connectivity index (χ3n) is 4.35. The number of carbonyl (C=O) groups is 1. The van der Waals surface area contributed by atoms with E-state index in [1.807, 2.05) is 48.5 Å². The summed E-state index contributed by atoms with van der Waals surface area (Å²) < 4.78 is 11.6. The Labute approximate surface area is 176 Å². The number of hydrogen-bond donors (Lipinski definition) is 2. The van der Waals surface area contributed by atoms with Gasteiger partial charge in [-0.25, -0.2) is 0 Å². The second-order valence-corrected chi connectivity index (χ2v) is 8.51. The quantitative estimate of drug-likeness (QED) is 0.550. The van der Waals surface area contributed by atoms with Crippen molar-refractivity contribution >= 4 is 39.8 Å². The minimum Gasteiger partial charge on any atom is -0.497 e. The van der Waals surface area contributed by atoms with Gasteiger partial charge in [0.15, 0.2) is 4.34 Å². The van der Waals surface area contributed by atoms with Crippen LogP contribution in [0.5, 0.6) is 11.5 Å². The molecule has 1 atom stereocenters. The van der Waals surface area contributed by atoms with Gasteiger partial charge in [-0.05, 0) is 18.2 Å². The van der Waals surface area contributed by atoms with Crippen LogP contribution in [0.3, 0.4) is 0 Å². The Morgan fingerprint density at radius 1 is 1.28 bits per heavy atom. The Balaban J connectivity index is 1.30. The Hall–Kier alpha value is -2.78. The first-order valence-electron chi connectivity index (χ1n) is 9.10. The van der Waals surface area contributed by atoms with Crippen molar-refractivity contribution in [1.29, 1.82) is 0 Å². The maximum atomic E-state index is 12.4. The summed E-state index contributed by atoms with van der Waals surface area (Å²) in [5, 5.41) is 15.2. The summed E-state index contributed by atoms with van der Waals surface area (Å²) in [4.78, 5) is 12.4. The fourth-order valence-electron chi connectivity index (χ4n) is 3.00. The summed E-state index contributed by atoms with van der Waals surface area (Å²) >= 11 is 2.78. The number of thioether (sulfide) groups is 1. The third kappa shape index (κ3) is 4.99. The number of nitrogens with zero attached hydrogens (tertiary/aromatic N) is 2. The van der Waals surface area contributed by atoms with Crippen molar-refractivity contribution in [1.82, 2.24) is 15.5 Å². The van der Waals surface area contributed by atoms with E-state index < -0.39 is 0 Å². The van der Waals surface area contributed by atoms with E-state index in [-0.39, 0.29) is 17.7 Å². The number of ether oxygens (including phenoxy) is 2. The number of para-hydroxylation sites is 1. The number of methoxy groups -OCH3 is 1. The molecule has 0 radical (unpaired) electrons. The number of fused-ring (bicyclic) bond motifs is 1. The van der Waals surface area contributed by atoms with Gasteiger partial charge in [-0.2, -0.15) is 0 Å². The average Bonchev–Trinajstić information content (AvgIpc) is 3.20. The van der Waals surface area contributed by atoms with Gasteiger partial charge >= 0.3 is 0 Å². The first kappa shape index (κ1) is 19.5. The molecule has 4 rings (SSSR count). The summed E-state index contributed by atoms with van der Waals surface area (Å²) in [7, 11) is 1.63. The molecule has 0 fully saturated rings. The Kier molecular flexibility index (Phi) is 6.16. The van der Waals surface area contributed by atoms with Crippen LogP contribution in [0.1, 0.15) is 18.0 Å². The highest BCUT2D eigenvalue weighted by molar-refractivity contribution is 8.01. The van der Waals surface area contributed by atoms with Gasteiger partial charge < -0.3 is 20.1 Å². The number of aromatic nitrogens is 2. The lowest BCUT2D eigenvalue weighted by Gasteiger charge is -2.26. The summed E-state index contributed by atoms with van der Waals surface area (Å²) in [6.45, 7) is 0.602. The van der Waals surface area contributed by atoms with Gasteiger partial charge in [0.05, 0.1) is 25.5 Å². The Morgan fingerprint density at radius 3 is 3.07 bits per heavy atom. The van der Waals surface area contributed by atoms with Crippen LogP contribution in [0.15, 0.2) is 52.9 Å². The normalized spacial score (nSPS) is 15.1. The van der Waals surface area contributed by atoms with E-state index in [9.17, 15) is 4.79 Å². The van der Waals surface area contributed by atoms with E-state index >= 15 is 0 Å². The van der Waals surface area contributed by atoms with Crippen LogP contribution in [-0.4, -0.2) is 35.6 Å². The molecule has 0 aliphatic carbocycles. The predicted octanol–water partition coefficient (Wildman–Crippen LogP) is 4.02. The zero-order chi connectivity index (χ0) is 20.1. The maximum Gasteiger partial charge on any atom is 0.230 e. The zero-order valence-corrected chi connectivity index (χ0v) is 17.4. The van der Waals surface area contributed by atoms with Crippen molar-refractivity contribution in [3.05, 3.63) is 54.1 Å². The molecule has 1 amide bonds. The fraction of sp³-hybridized carbons (Fsp3) is 0.250. The smallest absolute Gasteiger partial charge is 0.230 e. The van der Waals surface area contributed by atoms with Gasteiger partial charge in [0.1, 0.15) is 11.5 Å². The molecule has 1 unspecified atom stereocenters. The second kappa shape index (κ2) is 9.15. The number of anilines is 2. The molecule has 1 aliphatic heterocycles. The maximum absolute atomic E-state index is 12.4. The van der Waals surface area contributed by atoms with E-state index in [0.717, 1.165) is 33.5 Å². The number of carbonyl (C=O) groups excluding carboxylic acids is 1. The van der Waals surface area contributed by atoms with Crippen molar-refractivity contribution in [2.24, 2.45) is 0 Å². The first-order valence-corrected chi connectivity index (χ1v) is 10.9. The van der Waals surface area contributed by atoms with Crippen molar-refractivity contribution < 1.29 is 14.3 Å². The van der Waals surface area contributed by atoms with Gasteiger partial charge in [0.25, 0.3) is 0 Å². The second-order valence-electron chi connectivity index (χ2n) is 6.31.